The Morgan fingerprint density at radius 1 is 0.800 bits per heavy atom. The first-order valence-corrected chi connectivity index (χ1v) is 23.2. The molecule has 8 heterocycles. The van der Waals surface area contributed by atoms with E-state index in [1.165, 1.54) is 12.7 Å². The third-order valence-corrected chi connectivity index (χ3v) is 14.2. The average Bonchev–Trinajstić information content (AvgIpc) is 4.18. The molecule has 4 aliphatic heterocycles. The van der Waals surface area contributed by atoms with Crippen molar-refractivity contribution in [2.45, 2.75) is 134 Å². The Balaban J connectivity index is 0.000000198. The molecule has 0 saturated carbocycles. The van der Waals surface area contributed by atoms with E-state index in [-0.39, 0.29) is 50.4 Å². The largest absolute Gasteiger partial charge is 0.475 e. The van der Waals surface area contributed by atoms with Crippen LogP contribution in [0.15, 0.2) is 43.0 Å². The number of aromatic nitrogens is 8. The lowest BCUT2D eigenvalue weighted by atomic mass is 9.87. The summed E-state index contributed by atoms with van der Waals surface area (Å²) in [6.07, 6.45) is 3.76. The Hall–Kier alpha value is -4.99. The third-order valence-electron chi connectivity index (χ3n) is 12.3. The van der Waals surface area contributed by atoms with E-state index in [1.54, 1.807) is 38.2 Å². The zero-order valence-corrected chi connectivity index (χ0v) is 38.6. The normalized spacial score (nSPS) is 29.7. The zero-order valence-electron chi connectivity index (χ0n) is 37.7. The summed E-state index contributed by atoms with van der Waals surface area (Å²) in [5, 5.41) is 27.9. The van der Waals surface area contributed by atoms with E-state index in [2.05, 4.69) is 78.8 Å². The van der Waals surface area contributed by atoms with Gasteiger partial charge in [-0.2, -0.15) is 20.5 Å². The summed E-state index contributed by atoms with van der Waals surface area (Å²) in [4.78, 5) is 26.6. The van der Waals surface area contributed by atoms with Crippen LogP contribution in [0.3, 0.4) is 0 Å². The number of benzene rings is 1. The molecule has 4 saturated heterocycles. The van der Waals surface area contributed by atoms with Crippen LogP contribution in [0.1, 0.15) is 89.0 Å². The van der Waals surface area contributed by atoms with Gasteiger partial charge in [0.05, 0.1) is 55.9 Å². The number of aryl methyl sites for hydroxylation is 2. The molecule has 21 heteroatoms. The van der Waals surface area contributed by atoms with E-state index in [0.29, 0.717) is 52.2 Å². The smallest absolute Gasteiger partial charge is 0.260 e. The molecule has 1 N–H and O–H groups in total. The highest BCUT2D eigenvalue weighted by atomic mass is 31.2. The van der Waals surface area contributed by atoms with Crippen molar-refractivity contribution in [1.29, 1.82) is 10.5 Å². The Morgan fingerprint density at radius 3 is 1.89 bits per heavy atom. The fourth-order valence-electron chi connectivity index (χ4n) is 9.11. The maximum absolute atomic E-state index is 10.4. The first-order valence-electron chi connectivity index (χ1n) is 22.0. The summed E-state index contributed by atoms with van der Waals surface area (Å²) in [6.45, 7) is 11.2. The summed E-state index contributed by atoms with van der Waals surface area (Å²) in [6, 6.07) is 14.8. The minimum absolute atomic E-state index is 0.211. The van der Waals surface area contributed by atoms with Crippen molar-refractivity contribution >= 4 is 30.9 Å². The SMILES string of the molecule is CC[C@H]1O[C@@H](n2cnc3c(OCCC#N)nc(C)nc32)C(OC)[C@H]1O.CC[C@H]1O[C@@H](n2cnc3c(OCCC#N)nc(C)nc32)C(OC)[C@H]1O[P@@]1O[C@](C)(c2ccccc2)[C@@H]2CCCN21. The Labute approximate surface area is 378 Å². The van der Waals surface area contributed by atoms with Crippen molar-refractivity contribution < 1.29 is 42.6 Å². The van der Waals surface area contributed by atoms with Gasteiger partial charge in [-0.1, -0.05) is 44.2 Å². The first kappa shape index (κ1) is 46.5. The van der Waals surface area contributed by atoms with E-state index in [1.807, 2.05) is 23.6 Å². The second-order valence-corrected chi connectivity index (χ2v) is 17.7. The molecule has 2 unspecified atom stereocenters. The van der Waals surface area contributed by atoms with Gasteiger partial charge in [0, 0.05) is 20.8 Å². The standard InChI is InChI=1S/C28H35N6O5P.C16H21N5O4/c1-5-20-23(38-40-34-15-9-13-21(34)28(3,39-40)19-11-7-6-8-12-19)24(35-4)27(37-20)33-17-30-22-25(33)31-18(2)32-26(22)36-16-10-14-29;1-4-10-12(22)13(23-3)16(25-10)21-8-18-11-14(21)19-9(2)20-15(11)24-7-5-6-17/h6-8,11-12,17,20-21,23-24,27H,5,9-10,13,15-16H2,1-4H3;8,10,12-13,16,22H,4-5,7H2,1-3H3/t20-,21+,23+,24?,27-,28-,40+;10-,12+,13?,16-/m11/s1. The number of imidazole rings is 2. The van der Waals surface area contributed by atoms with E-state index in [0.717, 1.165) is 25.8 Å². The summed E-state index contributed by atoms with van der Waals surface area (Å²) >= 11 is 0. The molecule has 9 rings (SSSR count). The predicted molar refractivity (Wildman–Crippen MR) is 234 cm³/mol. The lowest BCUT2D eigenvalue weighted by Gasteiger charge is -2.29. The number of aliphatic hydroxyl groups excluding tert-OH is 1. The van der Waals surface area contributed by atoms with Crippen molar-refractivity contribution in [3.63, 3.8) is 0 Å². The van der Waals surface area contributed by atoms with Gasteiger partial charge in [-0.15, -0.1) is 0 Å². The number of rotatable bonds is 15. The quantitative estimate of drug-likeness (QED) is 0.0954. The van der Waals surface area contributed by atoms with Crippen LogP contribution in [0.5, 0.6) is 11.8 Å². The number of fused-ring (bicyclic) bond motifs is 3. The van der Waals surface area contributed by atoms with Gasteiger partial charge < -0.3 is 42.6 Å². The molecule has 11 atom stereocenters. The van der Waals surface area contributed by atoms with Crippen LogP contribution in [0.2, 0.25) is 0 Å². The monoisotopic (exact) mass is 913 g/mol. The van der Waals surface area contributed by atoms with Gasteiger partial charge in [-0.25, -0.2) is 24.6 Å². The molecule has 0 bridgehead atoms. The molecule has 0 aliphatic carbocycles. The topological polar surface area (TPSA) is 232 Å². The van der Waals surface area contributed by atoms with Crippen molar-refractivity contribution in [2.75, 3.05) is 34.0 Å². The molecule has 4 aromatic heterocycles. The van der Waals surface area contributed by atoms with Gasteiger partial charge in [0.2, 0.25) is 11.8 Å². The fourth-order valence-corrected chi connectivity index (χ4v) is 11.3. The van der Waals surface area contributed by atoms with Gasteiger partial charge in [-0.05, 0) is 52.0 Å². The van der Waals surface area contributed by atoms with Crippen molar-refractivity contribution in [2.24, 2.45) is 0 Å². The third kappa shape index (κ3) is 9.00. The van der Waals surface area contributed by atoms with Crippen molar-refractivity contribution in [3.8, 4) is 23.9 Å². The number of nitriles is 2. The predicted octanol–water partition coefficient (Wildman–Crippen LogP) is 5.88. The van der Waals surface area contributed by atoms with Gasteiger partial charge in [0.15, 0.2) is 34.8 Å². The number of ether oxygens (including phenoxy) is 6. The van der Waals surface area contributed by atoms with Gasteiger partial charge in [0.25, 0.3) is 8.53 Å². The minimum Gasteiger partial charge on any atom is -0.475 e. The molecular weight excluding hydrogens is 858 g/mol. The maximum Gasteiger partial charge on any atom is 0.260 e. The molecule has 346 valence electrons. The van der Waals surface area contributed by atoms with E-state index in [4.69, 9.17) is 48.0 Å². The highest BCUT2D eigenvalue weighted by Gasteiger charge is 2.57. The Bertz CT molecular complexity index is 2500. The van der Waals surface area contributed by atoms with Gasteiger partial charge in [0.1, 0.15) is 54.9 Å². The molecule has 20 nitrogen and oxygen atoms in total. The summed E-state index contributed by atoms with van der Waals surface area (Å²) in [7, 11) is 1.89. The fraction of sp³-hybridized carbons (Fsp3) is 0.591. The zero-order chi connectivity index (χ0) is 45.8. The van der Waals surface area contributed by atoms with Crippen LogP contribution in [-0.2, 0) is 33.6 Å². The number of hydrogen-bond donors (Lipinski definition) is 1. The molecular formula is C44H56N11O9P. The van der Waals surface area contributed by atoms with Crippen LogP contribution in [0, 0.1) is 36.5 Å². The second-order valence-electron chi connectivity index (χ2n) is 16.3. The molecule has 0 amide bonds. The lowest BCUT2D eigenvalue weighted by molar-refractivity contribution is -0.0497. The average molecular weight is 914 g/mol. The summed E-state index contributed by atoms with van der Waals surface area (Å²) in [5.74, 6) is 1.74. The van der Waals surface area contributed by atoms with E-state index >= 15 is 0 Å². The van der Waals surface area contributed by atoms with E-state index in [9.17, 15) is 5.11 Å². The van der Waals surface area contributed by atoms with Crippen LogP contribution in [-0.4, -0.2) is 125 Å². The van der Waals surface area contributed by atoms with Crippen LogP contribution in [0.25, 0.3) is 22.3 Å². The Morgan fingerprint density at radius 2 is 1.35 bits per heavy atom. The summed E-state index contributed by atoms with van der Waals surface area (Å²) < 4.78 is 55.0. The molecule has 5 aromatic rings. The van der Waals surface area contributed by atoms with Crippen LogP contribution < -0.4 is 9.47 Å². The van der Waals surface area contributed by atoms with Crippen molar-refractivity contribution in [3.05, 3.63) is 60.2 Å². The van der Waals surface area contributed by atoms with Crippen LogP contribution in [0.4, 0.5) is 0 Å². The number of nitrogens with zero attached hydrogens (tertiary/aromatic N) is 11. The second kappa shape index (κ2) is 20.3. The molecule has 0 radical (unpaired) electrons. The molecule has 65 heavy (non-hydrogen) atoms. The first-order chi connectivity index (χ1) is 31.6. The molecule has 1 aromatic carbocycles. The number of aliphatic hydroxyl groups is 1. The van der Waals surface area contributed by atoms with Gasteiger partial charge in [-0.3, -0.25) is 9.13 Å². The lowest BCUT2D eigenvalue weighted by Crippen LogP contribution is -2.37. The van der Waals surface area contributed by atoms with E-state index < -0.39 is 44.9 Å². The number of methoxy groups -OCH3 is 2. The molecule has 4 fully saturated rings. The summed E-state index contributed by atoms with van der Waals surface area (Å²) in [5.41, 5.74) is 2.85. The Kier molecular flexibility index (Phi) is 14.5. The molecule has 0 spiro atoms. The van der Waals surface area contributed by atoms with Crippen LogP contribution >= 0.6 is 8.53 Å². The highest BCUT2D eigenvalue weighted by molar-refractivity contribution is 7.45. The highest BCUT2D eigenvalue weighted by Crippen LogP contribution is 2.64. The molecule has 4 aliphatic rings. The maximum atomic E-state index is 10.4. The minimum atomic E-state index is -1.33. The van der Waals surface area contributed by atoms with Gasteiger partial charge >= 0.3 is 0 Å². The number of hydrogen-bond acceptors (Lipinski definition) is 18. The van der Waals surface area contributed by atoms with Crippen molar-refractivity contribution in [1.82, 2.24) is 43.7 Å².